The molecule has 3 aromatic rings. The van der Waals surface area contributed by atoms with Crippen LogP contribution in [-0.2, 0) is 0 Å². The molecule has 3 heteroatoms. The second-order valence-corrected chi connectivity index (χ2v) is 11.0. The van der Waals surface area contributed by atoms with Crippen LogP contribution in [0, 0.1) is 11.3 Å². The van der Waals surface area contributed by atoms with Crippen LogP contribution in [0.3, 0.4) is 0 Å². The van der Waals surface area contributed by atoms with Gasteiger partial charge in [-0.1, -0.05) is 121 Å². The van der Waals surface area contributed by atoms with E-state index in [-0.39, 0.29) is 6.10 Å². The van der Waals surface area contributed by atoms with Crippen molar-refractivity contribution in [2.24, 2.45) is 0 Å². The Labute approximate surface area is 243 Å². The fourth-order valence-corrected chi connectivity index (χ4v) is 5.23. The van der Waals surface area contributed by atoms with Crippen molar-refractivity contribution in [2.45, 2.75) is 110 Å². The van der Waals surface area contributed by atoms with Crippen molar-refractivity contribution in [3.63, 3.8) is 0 Å². The van der Waals surface area contributed by atoms with Crippen molar-refractivity contribution in [1.29, 1.82) is 5.26 Å². The van der Waals surface area contributed by atoms with Gasteiger partial charge in [0.1, 0.15) is 23.1 Å². The summed E-state index contributed by atoms with van der Waals surface area (Å²) >= 11 is 0. The van der Waals surface area contributed by atoms with Gasteiger partial charge in [-0.2, -0.15) is 5.26 Å². The Morgan fingerprint density at radius 2 is 1.30 bits per heavy atom. The fourth-order valence-electron chi connectivity index (χ4n) is 5.23. The van der Waals surface area contributed by atoms with E-state index in [0.29, 0.717) is 11.3 Å². The Bertz CT molecular complexity index is 1150. The molecule has 0 fully saturated rings. The van der Waals surface area contributed by atoms with Crippen molar-refractivity contribution in [3.05, 3.63) is 72.3 Å². The monoisotopic (exact) mass is 539 g/mol. The summed E-state index contributed by atoms with van der Waals surface area (Å²) in [4.78, 5) is 0. The highest BCUT2D eigenvalue weighted by molar-refractivity contribution is 5.89. The molecule has 0 amide bonds. The maximum Gasteiger partial charge on any atom is 0.138 e. The fraction of sp³-hybridized carbons (Fsp3) is 0.486. The third-order valence-electron chi connectivity index (χ3n) is 7.57. The van der Waals surface area contributed by atoms with Crippen LogP contribution < -0.4 is 9.47 Å². The van der Waals surface area contributed by atoms with Gasteiger partial charge in [0.25, 0.3) is 0 Å². The lowest BCUT2D eigenvalue weighted by Crippen LogP contribution is -2.13. The van der Waals surface area contributed by atoms with Crippen molar-refractivity contribution in [1.82, 2.24) is 0 Å². The zero-order chi connectivity index (χ0) is 28.4. The molecule has 40 heavy (non-hydrogen) atoms. The Hall–Kier alpha value is -3.25. The third-order valence-corrected chi connectivity index (χ3v) is 7.57. The minimum atomic E-state index is 0.0616. The molecule has 0 radical (unpaired) electrons. The molecular weight excluding hydrogens is 490 g/mol. The summed E-state index contributed by atoms with van der Waals surface area (Å²) in [6.45, 7) is 7.34. The van der Waals surface area contributed by atoms with Crippen molar-refractivity contribution in [3.8, 4) is 39.8 Å². The molecule has 0 saturated heterocycles. The van der Waals surface area contributed by atoms with E-state index in [1.165, 1.54) is 64.2 Å². The number of nitrogens with zero attached hydrogens (tertiary/aromatic N) is 1. The predicted molar refractivity (Wildman–Crippen MR) is 169 cm³/mol. The van der Waals surface area contributed by atoms with Gasteiger partial charge >= 0.3 is 0 Å². The van der Waals surface area contributed by atoms with Crippen LogP contribution in [0.4, 0.5) is 0 Å². The topological polar surface area (TPSA) is 42.2 Å². The number of nitriles is 1. The van der Waals surface area contributed by atoms with Gasteiger partial charge in [-0.15, -0.1) is 0 Å². The maximum absolute atomic E-state index is 10.3. The van der Waals surface area contributed by atoms with Crippen LogP contribution in [0.25, 0.3) is 22.3 Å². The van der Waals surface area contributed by atoms with E-state index in [0.717, 1.165) is 53.9 Å². The SMILES string of the molecule is CCCCCCCCCCOc1ccc(-c2c(-c3ccccc3)ccc(O[C@H](C)CCCCCC)c2C#N)cc1. The number of hydrogen-bond acceptors (Lipinski definition) is 3. The molecule has 0 bridgehead atoms. The van der Waals surface area contributed by atoms with Gasteiger partial charge in [0.15, 0.2) is 0 Å². The highest BCUT2D eigenvalue weighted by atomic mass is 16.5. The van der Waals surface area contributed by atoms with Crippen molar-refractivity contribution < 1.29 is 9.47 Å². The molecular formula is C37H49NO2. The first-order chi connectivity index (χ1) is 19.7. The first kappa shape index (κ1) is 31.3. The average Bonchev–Trinajstić information content (AvgIpc) is 2.99. The van der Waals surface area contributed by atoms with E-state index >= 15 is 0 Å². The maximum atomic E-state index is 10.3. The van der Waals surface area contributed by atoms with Gasteiger partial charge in [0.2, 0.25) is 0 Å². The van der Waals surface area contributed by atoms with E-state index in [1.807, 2.05) is 36.4 Å². The van der Waals surface area contributed by atoms with Crippen molar-refractivity contribution in [2.75, 3.05) is 6.61 Å². The number of hydrogen-bond donors (Lipinski definition) is 0. The molecule has 1 atom stereocenters. The highest BCUT2D eigenvalue weighted by Crippen LogP contribution is 2.40. The van der Waals surface area contributed by atoms with Gasteiger partial charge < -0.3 is 9.47 Å². The molecule has 214 valence electrons. The molecule has 0 N–H and O–H groups in total. The third kappa shape index (κ3) is 10.1. The van der Waals surface area contributed by atoms with E-state index in [2.05, 4.69) is 57.2 Å². The Morgan fingerprint density at radius 1 is 0.675 bits per heavy atom. The highest BCUT2D eigenvalue weighted by Gasteiger charge is 2.19. The molecule has 0 heterocycles. The minimum absolute atomic E-state index is 0.0616. The van der Waals surface area contributed by atoms with Gasteiger partial charge in [-0.25, -0.2) is 0 Å². The van der Waals surface area contributed by atoms with Crippen LogP contribution in [-0.4, -0.2) is 12.7 Å². The number of unbranched alkanes of at least 4 members (excludes halogenated alkanes) is 10. The quantitative estimate of drug-likeness (QED) is 0.142. The molecule has 3 nitrogen and oxygen atoms in total. The Balaban J connectivity index is 1.72. The molecule has 0 aromatic heterocycles. The lowest BCUT2D eigenvalue weighted by molar-refractivity contribution is 0.206. The summed E-state index contributed by atoms with van der Waals surface area (Å²) in [5.74, 6) is 1.54. The molecule has 0 saturated carbocycles. The largest absolute Gasteiger partial charge is 0.494 e. The minimum Gasteiger partial charge on any atom is -0.494 e. The van der Waals surface area contributed by atoms with Crippen LogP contribution in [0.2, 0.25) is 0 Å². The van der Waals surface area contributed by atoms with Crippen LogP contribution in [0.5, 0.6) is 11.5 Å². The summed E-state index contributed by atoms with van der Waals surface area (Å²) in [5, 5.41) is 10.3. The zero-order valence-electron chi connectivity index (χ0n) is 25.1. The first-order valence-corrected chi connectivity index (χ1v) is 15.7. The smallest absolute Gasteiger partial charge is 0.138 e. The van der Waals surface area contributed by atoms with Crippen LogP contribution >= 0.6 is 0 Å². The van der Waals surface area contributed by atoms with E-state index in [9.17, 15) is 5.26 Å². The molecule has 0 spiro atoms. The summed E-state index contributed by atoms with van der Waals surface area (Å²) in [6, 6.07) is 25.0. The Morgan fingerprint density at radius 3 is 1.95 bits per heavy atom. The van der Waals surface area contributed by atoms with Gasteiger partial charge in [0.05, 0.1) is 12.7 Å². The molecule has 0 aliphatic rings. The lowest BCUT2D eigenvalue weighted by atomic mass is 9.90. The summed E-state index contributed by atoms with van der Waals surface area (Å²) in [6.07, 6.45) is 16.2. The average molecular weight is 540 g/mol. The number of benzene rings is 3. The standard InChI is InChI=1S/C37H49NO2/c1-4-6-8-10-11-12-13-18-28-39-33-24-22-32(23-25-33)37-34(31-20-16-14-17-21-31)26-27-36(35(37)29-38)40-30(3)19-15-9-7-5-2/h14,16-17,20-27,30H,4-13,15,18-19,28H2,1-3H3/t30-/m1/s1. The molecule has 0 unspecified atom stereocenters. The molecule has 0 aliphatic carbocycles. The van der Waals surface area contributed by atoms with Crippen LogP contribution in [0.1, 0.15) is 110 Å². The predicted octanol–water partition coefficient (Wildman–Crippen LogP) is 11.1. The molecule has 3 rings (SSSR count). The van der Waals surface area contributed by atoms with Crippen molar-refractivity contribution >= 4 is 0 Å². The van der Waals surface area contributed by atoms with Gasteiger partial charge in [0, 0.05) is 5.56 Å². The second kappa shape index (κ2) is 18.2. The summed E-state index contributed by atoms with van der Waals surface area (Å²) in [5.41, 5.74) is 4.63. The molecule has 0 aliphatic heterocycles. The normalized spacial score (nSPS) is 11.7. The lowest BCUT2D eigenvalue weighted by Gasteiger charge is -2.20. The molecule has 3 aromatic carbocycles. The van der Waals surface area contributed by atoms with Gasteiger partial charge in [-0.05, 0) is 67.1 Å². The number of ether oxygens (including phenoxy) is 2. The number of rotatable bonds is 19. The van der Waals surface area contributed by atoms with Gasteiger partial charge in [-0.3, -0.25) is 0 Å². The zero-order valence-corrected chi connectivity index (χ0v) is 25.1. The first-order valence-electron chi connectivity index (χ1n) is 15.7. The Kier molecular flexibility index (Phi) is 14.2. The second-order valence-electron chi connectivity index (χ2n) is 11.0. The van der Waals surface area contributed by atoms with E-state index in [1.54, 1.807) is 0 Å². The summed E-state index contributed by atoms with van der Waals surface area (Å²) in [7, 11) is 0. The summed E-state index contributed by atoms with van der Waals surface area (Å²) < 4.78 is 12.4. The van der Waals surface area contributed by atoms with E-state index in [4.69, 9.17) is 9.47 Å². The van der Waals surface area contributed by atoms with Crippen LogP contribution in [0.15, 0.2) is 66.7 Å². The van der Waals surface area contributed by atoms with E-state index < -0.39 is 0 Å².